The number of carbonyl (C=O) groups is 10. The van der Waals surface area contributed by atoms with Gasteiger partial charge in [0.15, 0.2) is 12.2 Å². The van der Waals surface area contributed by atoms with Crippen LogP contribution in [0.2, 0.25) is 0 Å². The Labute approximate surface area is 679 Å². The zero-order valence-electron chi connectivity index (χ0n) is 64.2. The number of esters is 4. The van der Waals surface area contributed by atoms with Gasteiger partial charge in [-0.15, -0.1) is 0 Å². The zero-order valence-corrected chi connectivity index (χ0v) is 65.8. The van der Waals surface area contributed by atoms with Gasteiger partial charge in [-0.1, -0.05) is 191 Å². The van der Waals surface area contributed by atoms with Crippen LogP contribution in [-0.2, 0) is 93.2 Å². The lowest BCUT2D eigenvalue weighted by atomic mass is 10.0. The van der Waals surface area contributed by atoms with E-state index in [-0.39, 0.29) is 76.5 Å². The molecule has 0 heterocycles. The highest BCUT2D eigenvalue weighted by Crippen LogP contribution is 2.30. The van der Waals surface area contributed by atoms with E-state index in [1.54, 1.807) is 218 Å². The number of amides is 6. The molecule has 0 aliphatic rings. The highest BCUT2D eigenvalue weighted by molar-refractivity contribution is 8.76. The Bertz CT molecular complexity index is 4200. The number of nitrogens with one attached hydrogen (secondary N) is 6. The average Bonchev–Trinajstić information content (AvgIpc) is 0.836. The summed E-state index contributed by atoms with van der Waals surface area (Å²) in [5, 5.41) is 35.9. The number of alkyl carbamates (subject to hydrolysis) is 2. The van der Waals surface area contributed by atoms with Gasteiger partial charge in [-0.05, 0) is 119 Å². The lowest BCUT2D eigenvalue weighted by Crippen LogP contribution is -2.53. The molecular formula is C86H90N8O20S2. The Morgan fingerprint density at radius 3 is 0.871 bits per heavy atom. The molecule has 116 heavy (non-hydrogen) atoms. The normalized spacial score (nSPS) is 12.3. The van der Waals surface area contributed by atoms with Crippen LogP contribution in [0.25, 0.3) is 0 Å². The van der Waals surface area contributed by atoms with Gasteiger partial charge in [0, 0.05) is 24.3 Å². The van der Waals surface area contributed by atoms with E-state index in [1.807, 2.05) is 12.1 Å². The summed E-state index contributed by atoms with van der Waals surface area (Å²) in [6, 6.07) is 56.7. The van der Waals surface area contributed by atoms with E-state index in [0.717, 1.165) is 21.6 Å². The van der Waals surface area contributed by atoms with Crippen molar-refractivity contribution in [1.82, 2.24) is 31.9 Å². The third kappa shape index (κ3) is 29.8. The fourth-order valence-corrected chi connectivity index (χ4v) is 13.6. The molecule has 6 atom stereocenters. The number of rotatable bonds is 45. The summed E-state index contributed by atoms with van der Waals surface area (Å²) in [6.07, 6.45) is -6.46. The third-order valence-electron chi connectivity index (χ3n) is 17.6. The van der Waals surface area contributed by atoms with Crippen molar-refractivity contribution < 1.29 is 95.3 Å². The van der Waals surface area contributed by atoms with E-state index in [2.05, 4.69) is 31.9 Å². The number of nitrogens with zero attached hydrogens (tertiary/aromatic N) is 2. The lowest BCUT2D eigenvalue weighted by molar-refractivity contribution is -0.152. The first kappa shape index (κ1) is 88.5. The van der Waals surface area contributed by atoms with Crippen LogP contribution in [0.1, 0.15) is 108 Å². The second-order valence-electron chi connectivity index (χ2n) is 25.9. The first-order valence-corrected chi connectivity index (χ1v) is 39.3. The molecule has 6 N–H and O–H groups in total. The van der Waals surface area contributed by atoms with Gasteiger partial charge in [-0.25, -0.2) is 28.8 Å². The molecule has 0 saturated carbocycles. The molecule has 30 heteroatoms. The number of hydrogen-bond acceptors (Lipinski definition) is 24. The molecule has 606 valence electrons. The summed E-state index contributed by atoms with van der Waals surface area (Å²) in [5.41, 5.74) is 4.70. The average molecular weight is 1620 g/mol. The maximum atomic E-state index is 14.8. The molecule has 8 aromatic carbocycles. The minimum Gasteiger partial charge on any atom is -0.497 e. The third-order valence-corrected chi connectivity index (χ3v) is 20.0. The molecule has 0 aliphatic carbocycles. The molecular weight excluding hydrogens is 1530 g/mol. The Morgan fingerprint density at radius 2 is 0.603 bits per heavy atom. The summed E-state index contributed by atoms with van der Waals surface area (Å²) < 4.78 is 55.3. The van der Waals surface area contributed by atoms with Gasteiger partial charge in [0.2, 0.25) is 23.6 Å². The van der Waals surface area contributed by atoms with Gasteiger partial charge in [0.05, 0.1) is 53.4 Å². The minimum absolute atomic E-state index is 0.105. The van der Waals surface area contributed by atoms with E-state index in [9.17, 15) is 58.5 Å². The summed E-state index contributed by atoms with van der Waals surface area (Å²) in [6.45, 7) is -0.772. The SMILES string of the molecule is COc1ccc(COC(=O)N[C@@H](CCCC(=O)N[C@@H](CSSC[C@H](NC(=O)CCC[C@H](NC(=O)OCc2ccc(OC)cc2)C(=O)OCc2ccc(OC)cc2)C(=O)N[C@H](CC#N)C(=O)OC(c2ccccc2)c2ccccc2)C(=O)N[C@H](CC#N)C(=O)OC(c2ccccc2)c2ccccc2)C(=O)OCc2ccc(OC)cc2)cc1. The van der Waals surface area contributed by atoms with Crippen molar-refractivity contribution in [3.63, 3.8) is 0 Å². The number of nitriles is 2. The smallest absolute Gasteiger partial charge is 0.408 e. The molecule has 8 aromatic rings. The van der Waals surface area contributed by atoms with Crippen molar-refractivity contribution in [2.75, 3.05) is 39.9 Å². The Morgan fingerprint density at radius 1 is 0.328 bits per heavy atom. The van der Waals surface area contributed by atoms with Crippen LogP contribution in [0.3, 0.4) is 0 Å². The molecule has 28 nitrogen and oxygen atoms in total. The Balaban J connectivity index is 1.02. The summed E-state index contributed by atoms with van der Waals surface area (Å²) in [4.78, 5) is 141. The van der Waals surface area contributed by atoms with Crippen LogP contribution in [-0.4, -0.2) is 136 Å². The van der Waals surface area contributed by atoms with Gasteiger partial charge in [0.25, 0.3) is 0 Å². The number of methoxy groups -OCH3 is 4. The van der Waals surface area contributed by atoms with Crippen molar-refractivity contribution in [3.05, 3.63) is 263 Å². The molecule has 0 aromatic heterocycles. The van der Waals surface area contributed by atoms with Crippen molar-refractivity contribution in [3.8, 4) is 35.1 Å². The number of hydrogen-bond donors (Lipinski definition) is 6. The van der Waals surface area contributed by atoms with E-state index in [4.69, 9.17) is 47.4 Å². The predicted molar refractivity (Wildman–Crippen MR) is 428 cm³/mol. The van der Waals surface area contributed by atoms with Crippen molar-refractivity contribution in [2.24, 2.45) is 0 Å². The topological polar surface area (TPSA) is 383 Å². The number of benzene rings is 8. The fourth-order valence-electron chi connectivity index (χ4n) is 11.3. The van der Waals surface area contributed by atoms with Crippen molar-refractivity contribution >= 4 is 81.3 Å². The predicted octanol–water partition coefficient (Wildman–Crippen LogP) is 11.3. The molecule has 0 saturated heterocycles. The van der Waals surface area contributed by atoms with Gasteiger partial charge in [0.1, 0.15) is 85.7 Å². The van der Waals surface area contributed by atoms with Crippen LogP contribution < -0.4 is 50.8 Å². The molecule has 0 bridgehead atoms. The maximum Gasteiger partial charge on any atom is 0.408 e. The molecule has 0 radical (unpaired) electrons. The van der Waals surface area contributed by atoms with Crippen molar-refractivity contribution in [1.29, 1.82) is 10.5 Å². The fraction of sp³-hybridized carbons (Fsp3) is 0.302. The maximum absolute atomic E-state index is 14.8. The van der Waals surface area contributed by atoms with Gasteiger partial charge >= 0.3 is 36.1 Å². The molecule has 6 amide bonds. The largest absolute Gasteiger partial charge is 0.497 e. The minimum atomic E-state index is -1.61. The standard InChI is InChI=1S/C86H90N8O20S2/c1-105-65-39-31-57(32-40-65)51-109-81(99)69(93-85(103)111-53-59-35-43-67(107-3)44-36-59)27-17-29-75(95)89-73(79(97)91-71(47-49-87)83(101)113-77(61-19-9-5-10-20-61)62-21-11-6-12-22-62)55-115-116-56-74(80(98)92-72(48-50-88)84(102)114-78(63-23-13-7-14-24-63)64-25-15-8-16-26-64)90-76(96)30-18-28-70(82(100)110-52-58-33-41-66(106-2)42-34-58)94-86(104)112-54-60-37-45-68(108-4)46-38-60/h5-16,19-26,31-46,69-74,77-78H,17-18,27-30,47-48,51-56H2,1-4H3,(H,89,95)(H,90,96)(H,91,97)(H,92,98)(H,93,103)(H,94,104)/t69-,70-,71+,72+,73-,74-/m0/s1. The van der Waals surface area contributed by atoms with E-state index < -0.39 is 121 Å². The highest BCUT2D eigenvalue weighted by Gasteiger charge is 2.34. The monoisotopic (exact) mass is 1620 g/mol. The summed E-state index contributed by atoms with van der Waals surface area (Å²) >= 11 is 0. The van der Waals surface area contributed by atoms with E-state index >= 15 is 0 Å². The Hall–Kier alpha value is -13.1. The summed E-state index contributed by atoms with van der Waals surface area (Å²) in [7, 11) is 7.85. The van der Waals surface area contributed by atoms with E-state index in [0.29, 0.717) is 67.5 Å². The van der Waals surface area contributed by atoms with Crippen LogP contribution in [0.5, 0.6) is 23.0 Å². The first-order chi connectivity index (χ1) is 56.3. The van der Waals surface area contributed by atoms with Crippen LogP contribution in [0, 0.1) is 22.7 Å². The van der Waals surface area contributed by atoms with Crippen LogP contribution in [0.4, 0.5) is 9.59 Å². The molecule has 8 rings (SSSR count). The van der Waals surface area contributed by atoms with E-state index in [1.165, 1.54) is 28.4 Å². The van der Waals surface area contributed by atoms with Gasteiger partial charge in [-0.3, -0.25) is 19.2 Å². The quantitative estimate of drug-likeness (QED) is 0.00893. The second-order valence-corrected chi connectivity index (χ2v) is 28.4. The highest BCUT2D eigenvalue weighted by atomic mass is 33.1. The molecule has 0 spiro atoms. The number of carbonyl (C=O) groups excluding carboxylic acids is 10. The zero-order chi connectivity index (χ0) is 82.8. The molecule has 0 unspecified atom stereocenters. The molecule has 0 fully saturated rings. The lowest BCUT2D eigenvalue weighted by Gasteiger charge is -2.25. The van der Waals surface area contributed by atoms with Gasteiger partial charge in [-0.2, -0.15) is 10.5 Å². The first-order valence-electron chi connectivity index (χ1n) is 36.9. The van der Waals surface area contributed by atoms with Crippen LogP contribution in [0.15, 0.2) is 218 Å². The van der Waals surface area contributed by atoms with Gasteiger partial charge < -0.3 is 79.3 Å². The molecule has 0 aliphatic heterocycles. The summed E-state index contributed by atoms with van der Waals surface area (Å²) in [5.74, 6) is -5.58. The van der Waals surface area contributed by atoms with Crippen molar-refractivity contribution in [2.45, 2.75) is 126 Å². The number of ether oxygens (including phenoxy) is 10. The van der Waals surface area contributed by atoms with Crippen LogP contribution >= 0.6 is 21.6 Å². The second kappa shape index (κ2) is 48.1. The Kier molecular flexibility index (Phi) is 36.7.